The SMILES string of the molecule is CC1CC(NCc2nccs2)CCN1C. The first-order chi connectivity index (χ1) is 7.25. The molecule has 1 aromatic rings. The van der Waals surface area contributed by atoms with E-state index < -0.39 is 0 Å². The molecule has 0 radical (unpaired) electrons. The van der Waals surface area contributed by atoms with Crippen molar-refractivity contribution in [1.82, 2.24) is 15.2 Å². The number of thiazole rings is 1. The van der Waals surface area contributed by atoms with E-state index in [9.17, 15) is 0 Å². The number of rotatable bonds is 3. The fourth-order valence-electron chi connectivity index (χ4n) is 2.05. The van der Waals surface area contributed by atoms with Gasteiger partial charge in [0.15, 0.2) is 0 Å². The Bertz CT molecular complexity index is 286. The van der Waals surface area contributed by atoms with Gasteiger partial charge in [0.1, 0.15) is 5.01 Å². The van der Waals surface area contributed by atoms with Gasteiger partial charge in [-0.05, 0) is 33.4 Å². The highest BCUT2D eigenvalue weighted by atomic mass is 32.1. The van der Waals surface area contributed by atoms with E-state index in [1.165, 1.54) is 24.4 Å². The van der Waals surface area contributed by atoms with Gasteiger partial charge in [-0.1, -0.05) is 0 Å². The van der Waals surface area contributed by atoms with Gasteiger partial charge in [-0.25, -0.2) is 4.98 Å². The van der Waals surface area contributed by atoms with Crippen LogP contribution in [0.25, 0.3) is 0 Å². The predicted octanol–water partition coefficient (Wildman–Crippen LogP) is 1.72. The number of nitrogens with zero attached hydrogens (tertiary/aromatic N) is 2. The van der Waals surface area contributed by atoms with Gasteiger partial charge in [0, 0.05) is 30.2 Å². The quantitative estimate of drug-likeness (QED) is 0.849. The van der Waals surface area contributed by atoms with E-state index in [1.54, 1.807) is 11.3 Å². The van der Waals surface area contributed by atoms with Crippen LogP contribution in [-0.4, -0.2) is 35.6 Å². The highest BCUT2D eigenvalue weighted by Gasteiger charge is 2.22. The van der Waals surface area contributed by atoms with Crippen LogP contribution in [0.15, 0.2) is 11.6 Å². The maximum atomic E-state index is 4.28. The standard InChI is InChI=1S/C11H19N3S/c1-9-7-10(3-5-14(9)2)13-8-11-12-4-6-15-11/h4,6,9-10,13H,3,5,7-8H2,1-2H3. The Labute approximate surface area is 95.5 Å². The molecule has 4 heteroatoms. The second kappa shape index (κ2) is 5.05. The van der Waals surface area contributed by atoms with E-state index in [0.29, 0.717) is 12.1 Å². The summed E-state index contributed by atoms with van der Waals surface area (Å²) >= 11 is 1.73. The molecule has 1 aliphatic rings. The van der Waals surface area contributed by atoms with E-state index in [0.717, 1.165) is 6.54 Å². The lowest BCUT2D eigenvalue weighted by Crippen LogP contribution is -2.45. The fraction of sp³-hybridized carbons (Fsp3) is 0.727. The van der Waals surface area contributed by atoms with Crippen LogP contribution in [0.3, 0.4) is 0 Å². The first-order valence-corrected chi connectivity index (χ1v) is 6.45. The van der Waals surface area contributed by atoms with Gasteiger partial charge in [0.2, 0.25) is 0 Å². The minimum atomic E-state index is 0.667. The summed E-state index contributed by atoms with van der Waals surface area (Å²) in [4.78, 5) is 6.71. The number of nitrogens with one attached hydrogen (secondary N) is 1. The average Bonchev–Trinajstić information content (AvgIpc) is 2.73. The van der Waals surface area contributed by atoms with Crippen molar-refractivity contribution in [1.29, 1.82) is 0 Å². The number of hydrogen-bond donors (Lipinski definition) is 1. The number of likely N-dealkylation sites (tertiary alicyclic amines) is 1. The molecule has 0 spiro atoms. The first kappa shape index (κ1) is 11.0. The maximum Gasteiger partial charge on any atom is 0.106 e. The van der Waals surface area contributed by atoms with Gasteiger partial charge in [-0.15, -0.1) is 11.3 Å². The third-order valence-corrected chi connectivity index (χ3v) is 4.01. The molecule has 0 bridgehead atoms. The van der Waals surface area contributed by atoms with Gasteiger partial charge in [-0.3, -0.25) is 0 Å². The van der Waals surface area contributed by atoms with Gasteiger partial charge in [0.05, 0.1) is 0 Å². The lowest BCUT2D eigenvalue weighted by Gasteiger charge is -2.35. The molecule has 0 aromatic carbocycles. The molecule has 0 amide bonds. The molecule has 1 aliphatic heterocycles. The number of aromatic nitrogens is 1. The van der Waals surface area contributed by atoms with Crippen molar-refractivity contribution in [3.05, 3.63) is 16.6 Å². The largest absolute Gasteiger partial charge is 0.308 e. The maximum absolute atomic E-state index is 4.28. The Morgan fingerprint density at radius 3 is 3.20 bits per heavy atom. The van der Waals surface area contributed by atoms with Gasteiger partial charge >= 0.3 is 0 Å². The lowest BCUT2D eigenvalue weighted by molar-refractivity contribution is 0.168. The van der Waals surface area contributed by atoms with Crippen molar-refractivity contribution < 1.29 is 0 Å². The third-order valence-electron chi connectivity index (χ3n) is 3.23. The number of hydrogen-bond acceptors (Lipinski definition) is 4. The molecule has 3 nitrogen and oxygen atoms in total. The summed E-state index contributed by atoms with van der Waals surface area (Å²) in [7, 11) is 2.21. The minimum Gasteiger partial charge on any atom is -0.308 e. The Balaban J connectivity index is 1.76. The van der Waals surface area contributed by atoms with E-state index in [2.05, 4.69) is 29.2 Å². The molecule has 1 saturated heterocycles. The van der Waals surface area contributed by atoms with E-state index in [-0.39, 0.29) is 0 Å². The Kier molecular flexibility index (Phi) is 3.72. The van der Waals surface area contributed by atoms with Crippen molar-refractivity contribution in [3.63, 3.8) is 0 Å². The predicted molar refractivity (Wildman–Crippen MR) is 64.1 cm³/mol. The van der Waals surface area contributed by atoms with Crippen LogP contribution in [0.1, 0.15) is 24.8 Å². The molecule has 1 N–H and O–H groups in total. The van der Waals surface area contributed by atoms with E-state index in [1.807, 2.05) is 11.6 Å². The van der Waals surface area contributed by atoms with Crippen LogP contribution >= 0.6 is 11.3 Å². The Morgan fingerprint density at radius 2 is 2.53 bits per heavy atom. The molecule has 0 aliphatic carbocycles. The molecule has 1 fully saturated rings. The zero-order valence-corrected chi connectivity index (χ0v) is 10.3. The van der Waals surface area contributed by atoms with Crippen LogP contribution in [0.2, 0.25) is 0 Å². The topological polar surface area (TPSA) is 28.2 Å². The normalized spacial score (nSPS) is 28.1. The molecule has 15 heavy (non-hydrogen) atoms. The molecule has 84 valence electrons. The zero-order valence-electron chi connectivity index (χ0n) is 9.44. The molecule has 1 aromatic heterocycles. The Hall–Kier alpha value is -0.450. The number of piperidine rings is 1. The molecule has 0 saturated carbocycles. The summed E-state index contributed by atoms with van der Waals surface area (Å²) in [5.74, 6) is 0. The van der Waals surface area contributed by atoms with Crippen LogP contribution in [0.5, 0.6) is 0 Å². The van der Waals surface area contributed by atoms with Crippen molar-refractivity contribution in [3.8, 4) is 0 Å². The summed E-state index contributed by atoms with van der Waals surface area (Å²) < 4.78 is 0. The second-order valence-corrected chi connectivity index (χ2v) is 5.34. The van der Waals surface area contributed by atoms with Crippen LogP contribution in [0.4, 0.5) is 0 Å². The first-order valence-electron chi connectivity index (χ1n) is 5.57. The summed E-state index contributed by atoms with van der Waals surface area (Å²) in [5.41, 5.74) is 0. The van der Waals surface area contributed by atoms with Crippen molar-refractivity contribution >= 4 is 11.3 Å². The zero-order chi connectivity index (χ0) is 10.7. The van der Waals surface area contributed by atoms with E-state index in [4.69, 9.17) is 0 Å². The van der Waals surface area contributed by atoms with E-state index >= 15 is 0 Å². The molecule has 2 heterocycles. The second-order valence-electron chi connectivity index (χ2n) is 4.36. The molecule has 2 atom stereocenters. The van der Waals surface area contributed by atoms with Crippen molar-refractivity contribution in [2.75, 3.05) is 13.6 Å². The van der Waals surface area contributed by atoms with Gasteiger partial charge in [-0.2, -0.15) is 0 Å². The summed E-state index contributed by atoms with van der Waals surface area (Å²) in [6.07, 6.45) is 4.38. The van der Waals surface area contributed by atoms with Crippen LogP contribution < -0.4 is 5.32 Å². The smallest absolute Gasteiger partial charge is 0.106 e. The third kappa shape index (κ3) is 3.00. The summed E-state index contributed by atoms with van der Waals surface area (Å²) in [6, 6.07) is 1.37. The van der Waals surface area contributed by atoms with Gasteiger partial charge < -0.3 is 10.2 Å². The minimum absolute atomic E-state index is 0.667. The highest BCUT2D eigenvalue weighted by Crippen LogP contribution is 2.16. The Morgan fingerprint density at radius 1 is 1.67 bits per heavy atom. The fourth-order valence-corrected chi connectivity index (χ4v) is 2.61. The lowest BCUT2D eigenvalue weighted by atomic mass is 9.99. The summed E-state index contributed by atoms with van der Waals surface area (Å²) in [6.45, 7) is 4.44. The van der Waals surface area contributed by atoms with Crippen molar-refractivity contribution in [2.45, 2.75) is 38.4 Å². The van der Waals surface area contributed by atoms with Crippen molar-refractivity contribution in [2.24, 2.45) is 0 Å². The average molecular weight is 225 g/mol. The summed E-state index contributed by atoms with van der Waals surface area (Å²) in [5, 5.41) is 6.83. The molecular weight excluding hydrogens is 206 g/mol. The van der Waals surface area contributed by atoms with Crippen LogP contribution in [0, 0.1) is 0 Å². The van der Waals surface area contributed by atoms with Crippen LogP contribution in [-0.2, 0) is 6.54 Å². The molecular formula is C11H19N3S. The monoisotopic (exact) mass is 225 g/mol. The molecule has 2 rings (SSSR count). The highest BCUT2D eigenvalue weighted by molar-refractivity contribution is 7.09. The van der Waals surface area contributed by atoms with Gasteiger partial charge in [0.25, 0.3) is 0 Å². The molecule has 2 unspecified atom stereocenters.